The number of aromatic amines is 1. The molecule has 162 valence electrons. The highest BCUT2D eigenvalue weighted by Gasteiger charge is 2.35. The fourth-order valence-electron chi connectivity index (χ4n) is 4.67. The second-order valence-electron chi connectivity index (χ2n) is 7.99. The molecule has 1 aromatic carbocycles. The molecule has 5 heterocycles. The van der Waals surface area contributed by atoms with Crippen LogP contribution in [0.5, 0.6) is 5.75 Å². The highest BCUT2D eigenvalue weighted by Crippen LogP contribution is 2.47. The van der Waals surface area contributed by atoms with Crippen molar-refractivity contribution in [3.8, 4) is 16.9 Å². The molecule has 4 aromatic rings. The highest BCUT2D eigenvalue weighted by atomic mass is 35.5. The van der Waals surface area contributed by atoms with Crippen molar-refractivity contribution in [1.82, 2.24) is 30.0 Å². The fraction of sp³-hybridized carbons (Fsp3) is 0.286. The predicted octanol–water partition coefficient (Wildman–Crippen LogP) is 3.09. The van der Waals surface area contributed by atoms with Crippen LogP contribution in [0.2, 0.25) is 5.02 Å². The summed E-state index contributed by atoms with van der Waals surface area (Å²) in [6.45, 7) is 3.50. The van der Waals surface area contributed by atoms with Crippen LogP contribution in [-0.2, 0) is 0 Å². The number of piperazine rings is 1. The molecule has 0 saturated carbocycles. The Labute approximate surface area is 186 Å². The van der Waals surface area contributed by atoms with Gasteiger partial charge in [0.05, 0.1) is 28.2 Å². The van der Waals surface area contributed by atoms with E-state index in [1.165, 1.54) is 11.2 Å². The van der Waals surface area contributed by atoms with Crippen molar-refractivity contribution in [3.63, 3.8) is 0 Å². The summed E-state index contributed by atoms with van der Waals surface area (Å²) in [5.74, 6) is 1.23. The number of amides is 1. The number of benzene rings is 1. The van der Waals surface area contributed by atoms with E-state index in [1.807, 2.05) is 13.0 Å². The Hall–Kier alpha value is -3.66. The Morgan fingerprint density at radius 3 is 3.00 bits per heavy atom. The van der Waals surface area contributed by atoms with Crippen molar-refractivity contribution in [2.75, 3.05) is 31.1 Å². The number of aryl methyl sites for hydroxylation is 1. The van der Waals surface area contributed by atoms with E-state index in [0.29, 0.717) is 47.4 Å². The molecule has 0 spiro atoms. The number of H-pyrrole nitrogens is 1. The number of fused-ring (bicyclic) bond motifs is 3. The number of halogens is 1. The second kappa shape index (κ2) is 6.92. The lowest BCUT2D eigenvalue weighted by Crippen LogP contribution is -2.56. The summed E-state index contributed by atoms with van der Waals surface area (Å²) in [4.78, 5) is 28.5. The van der Waals surface area contributed by atoms with Crippen LogP contribution in [0.25, 0.3) is 33.1 Å². The minimum atomic E-state index is -0.933. The van der Waals surface area contributed by atoms with Crippen LogP contribution >= 0.6 is 11.6 Å². The van der Waals surface area contributed by atoms with Gasteiger partial charge < -0.3 is 19.6 Å². The summed E-state index contributed by atoms with van der Waals surface area (Å²) in [5, 5.41) is 18.5. The number of ether oxygens (including phenoxy) is 1. The number of hydrogen-bond acceptors (Lipinski definition) is 7. The first-order valence-electron chi connectivity index (χ1n) is 10.2. The molecule has 6 rings (SSSR count). The van der Waals surface area contributed by atoms with Crippen LogP contribution < -0.4 is 9.64 Å². The molecule has 1 saturated heterocycles. The van der Waals surface area contributed by atoms with Gasteiger partial charge in [0.1, 0.15) is 18.8 Å². The number of pyridine rings is 1. The fourth-order valence-corrected chi connectivity index (χ4v) is 4.97. The van der Waals surface area contributed by atoms with E-state index in [1.54, 1.807) is 12.4 Å². The molecule has 1 amide bonds. The summed E-state index contributed by atoms with van der Waals surface area (Å²) >= 11 is 6.96. The number of nitrogens with zero attached hydrogens (tertiary/aromatic N) is 6. The molecule has 0 aliphatic carbocycles. The zero-order chi connectivity index (χ0) is 22.0. The highest BCUT2D eigenvalue weighted by molar-refractivity contribution is 6.37. The number of nitrogens with one attached hydrogen (secondary N) is 1. The lowest BCUT2D eigenvalue weighted by molar-refractivity contribution is 0.127. The van der Waals surface area contributed by atoms with Gasteiger partial charge in [-0.05, 0) is 18.6 Å². The number of hydrogen-bond donors (Lipinski definition) is 2. The minimum absolute atomic E-state index is 0.173. The van der Waals surface area contributed by atoms with E-state index in [0.717, 1.165) is 27.5 Å². The van der Waals surface area contributed by atoms with Crippen molar-refractivity contribution in [3.05, 3.63) is 35.4 Å². The zero-order valence-electron chi connectivity index (χ0n) is 17.0. The standard InChI is InChI=1S/C21H18ClN7O3/c1-10-5-23-19-13(6-26-27-19)15(10)12-4-14-16-18(17(12)22)32-8-11-7-28(21(30)31)2-3-29(11)20(16)25-9-24-14/h4-6,9,11H,2-3,7-8H2,1H3,(H,30,31)(H,23,26,27)/t11-/m0/s1. The molecule has 11 heteroatoms. The molecule has 2 aliphatic rings. The van der Waals surface area contributed by atoms with E-state index in [4.69, 9.17) is 16.3 Å². The third-order valence-electron chi connectivity index (χ3n) is 6.19. The van der Waals surface area contributed by atoms with Crippen LogP contribution in [0.15, 0.2) is 24.8 Å². The number of carboxylic acid groups (broad SMARTS) is 1. The first-order valence-corrected chi connectivity index (χ1v) is 10.5. The quantitative estimate of drug-likeness (QED) is 0.453. The molecule has 1 atom stereocenters. The third-order valence-corrected chi connectivity index (χ3v) is 6.56. The second-order valence-corrected chi connectivity index (χ2v) is 8.37. The summed E-state index contributed by atoms with van der Waals surface area (Å²) in [6, 6.07) is 1.77. The van der Waals surface area contributed by atoms with Crippen LogP contribution in [0.4, 0.5) is 10.6 Å². The van der Waals surface area contributed by atoms with Crippen molar-refractivity contribution in [2.45, 2.75) is 13.0 Å². The Kier molecular flexibility index (Phi) is 4.12. The predicted molar refractivity (Wildman–Crippen MR) is 118 cm³/mol. The number of anilines is 1. The maximum absolute atomic E-state index is 11.5. The Morgan fingerprint density at radius 1 is 1.28 bits per heavy atom. The van der Waals surface area contributed by atoms with E-state index in [2.05, 4.69) is 30.0 Å². The van der Waals surface area contributed by atoms with Crippen molar-refractivity contribution in [1.29, 1.82) is 0 Å². The third kappa shape index (κ3) is 2.69. The molecule has 1 fully saturated rings. The topological polar surface area (TPSA) is 120 Å². The lowest BCUT2D eigenvalue weighted by atomic mass is 9.97. The minimum Gasteiger partial charge on any atom is -0.489 e. The zero-order valence-corrected chi connectivity index (χ0v) is 17.8. The molecule has 10 nitrogen and oxygen atoms in total. The molecule has 2 N–H and O–H groups in total. The molecule has 32 heavy (non-hydrogen) atoms. The van der Waals surface area contributed by atoms with Crippen LogP contribution in [-0.4, -0.2) is 73.5 Å². The van der Waals surface area contributed by atoms with Gasteiger partial charge in [-0.2, -0.15) is 5.10 Å². The van der Waals surface area contributed by atoms with Gasteiger partial charge in [-0.15, -0.1) is 0 Å². The summed E-state index contributed by atoms with van der Waals surface area (Å²) in [5.41, 5.74) is 4.01. The first-order chi connectivity index (χ1) is 15.5. The summed E-state index contributed by atoms with van der Waals surface area (Å²) < 4.78 is 6.23. The SMILES string of the molecule is Cc1cnc2[nH]ncc2c1-c1cc2ncnc3c2c(c1Cl)OC[C@@H]1CN(C(=O)O)CCN31. The van der Waals surface area contributed by atoms with E-state index in [9.17, 15) is 9.90 Å². The van der Waals surface area contributed by atoms with E-state index in [-0.39, 0.29) is 12.6 Å². The normalized spacial score (nSPS) is 17.9. The number of rotatable bonds is 1. The molecular weight excluding hydrogens is 434 g/mol. The molecule has 2 aliphatic heterocycles. The monoisotopic (exact) mass is 451 g/mol. The summed E-state index contributed by atoms with van der Waals surface area (Å²) in [7, 11) is 0. The van der Waals surface area contributed by atoms with Crippen LogP contribution in [0.1, 0.15) is 5.56 Å². The molecular formula is C21H18ClN7O3. The van der Waals surface area contributed by atoms with Crippen molar-refractivity contribution < 1.29 is 14.6 Å². The van der Waals surface area contributed by atoms with Gasteiger partial charge in [0, 0.05) is 42.3 Å². The van der Waals surface area contributed by atoms with E-state index < -0.39 is 6.09 Å². The van der Waals surface area contributed by atoms with E-state index >= 15 is 0 Å². The van der Waals surface area contributed by atoms with Gasteiger partial charge in [-0.3, -0.25) is 5.10 Å². The smallest absolute Gasteiger partial charge is 0.407 e. The average Bonchev–Trinajstić information content (AvgIpc) is 3.19. The van der Waals surface area contributed by atoms with Crippen molar-refractivity contribution in [2.24, 2.45) is 0 Å². The Balaban J connectivity index is 1.57. The van der Waals surface area contributed by atoms with Gasteiger partial charge in [0.15, 0.2) is 11.4 Å². The molecule has 0 radical (unpaired) electrons. The van der Waals surface area contributed by atoms with Crippen LogP contribution in [0.3, 0.4) is 0 Å². The number of carbonyl (C=O) groups is 1. The first kappa shape index (κ1) is 19.1. The van der Waals surface area contributed by atoms with Crippen LogP contribution in [0, 0.1) is 6.92 Å². The summed E-state index contributed by atoms with van der Waals surface area (Å²) in [6.07, 6.45) is 4.10. The lowest BCUT2D eigenvalue weighted by Gasteiger charge is -2.39. The largest absolute Gasteiger partial charge is 0.489 e. The maximum atomic E-state index is 11.5. The van der Waals surface area contributed by atoms with Gasteiger partial charge in [-0.25, -0.2) is 19.7 Å². The van der Waals surface area contributed by atoms with Gasteiger partial charge in [0.25, 0.3) is 0 Å². The molecule has 0 bridgehead atoms. The molecule has 0 unspecified atom stereocenters. The van der Waals surface area contributed by atoms with Gasteiger partial charge in [0.2, 0.25) is 0 Å². The maximum Gasteiger partial charge on any atom is 0.407 e. The average molecular weight is 452 g/mol. The van der Waals surface area contributed by atoms with Crippen molar-refractivity contribution >= 4 is 45.4 Å². The molecule has 3 aromatic heterocycles. The Bertz CT molecular complexity index is 1410. The van der Waals surface area contributed by atoms with Gasteiger partial charge in [-0.1, -0.05) is 11.6 Å². The number of aromatic nitrogens is 5. The van der Waals surface area contributed by atoms with Gasteiger partial charge >= 0.3 is 6.09 Å². The Morgan fingerprint density at radius 2 is 2.16 bits per heavy atom.